The molecule has 1 unspecified atom stereocenters. The number of benzene rings is 1. The van der Waals surface area contributed by atoms with E-state index in [1.54, 1.807) is 31.4 Å². The molecule has 140 valence electrons. The maximum atomic E-state index is 12.8. The van der Waals surface area contributed by atoms with Gasteiger partial charge < -0.3 is 24.6 Å². The van der Waals surface area contributed by atoms with Crippen molar-refractivity contribution in [1.29, 1.82) is 0 Å². The van der Waals surface area contributed by atoms with E-state index >= 15 is 0 Å². The second-order valence-electron chi connectivity index (χ2n) is 6.10. The number of nitrogens with zero attached hydrogens (tertiary/aromatic N) is 1. The van der Waals surface area contributed by atoms with Crippen LogP contribution in [0.15, 0.2) is 28.8 Å². The van der Waals surface area contributed by atoms with Gasteiger partial charge in [0.1, 0.15) is 5.56 Å². The Hall–Kier alpha value is -2.09. The summed E-state index contributed by atoms with van der Waals surface area (Å²) < 4.78 is 15.8. The topological polar surface area (TPSA) is 85.6 Å². The molecule has 0 aliphatic carbocycles. The molecule has 7 nitrogen and oxygen atoms in total. The van der Waals surface area contributed by atoms with Gasteiger partial charge in [0.2, 0.25) is 0 Å². The Labute approximate surface area is 157 Å². The molecule has 1 aromatic carbocycles. The highest BCUT2D eigenvalue weighted by Gasteiger charge is 2.25. The number of halogens is 1. The Morgan fingerprint density at radius 3 is 2.88 bits per heavy atom. The van der Waals surface area contributed by atoms with E-state index in [2.05, 4.69) is 15.8 Å². The second-order valence-corrected chi connectivity index (χ2v) is 6.54. The first-order valence-corrected chi connectivity index (χ1v) is 8.91. The van der Waals surface area contributed by atoms with Crippen LogP contribution in [0.3, 0.4) is 0 Å². The number of aromatic nitrogens is 1. The number of anilines is 1. The van der Waals surface area contributed by atoms with Gasteiger partial charge in [0.25, 0.3) is 5.91 Å². The third-order valence-corrected chi connectivity index (χ3v) is 4.45. The van der Waals surface area contributed by atoms with Crippen molar-refractivity contribution in [3.63, 3.8) is 0 Å². The smallest absolute Gasteiger partial charge is 0.259 e. The Bertz CT molecular complexity index is 727. The minimum Gasteiger partial charge on any atom is -0.383 e. The molecule has 0 saturated carbocycles. The molecule has 2 aromatic rings. The van der Waals surface area contributed by atoms with E-state index in [0.717, 1.165) is 18.6 Å². The zero-order chi connectivity index (χ0) is 18.4. The third kappa shape index (κ3) is 4.55. The third-order valence-electron chi connectivity index (χ3n) is 4.20. The number of nitrogens with one attached hydrogen (secondary N) is 2. The molecule has 2 heterocycles. The highest BCUT2D eigenvalue weighted by atomic mass is 35.5. The van der Waals surface area contributed by atoms with Gasteiger partial charge in [-0.25, -0.2) is 0 Å². The minimum atomic E-state index is -0.233. The summed E-state index contributed by atoms with van der Waals surface area (Å²) >= 11 is 5.95. The number of rotatable bonds is 8. The minimum absolute atomic E-state index is 0.233. The number of hydrogen-bond acceptors (Lipinski definition) is 6. The lowest BCUT2D eigenvalue weighted by atomic mass is 10.1. The second kappa shape index (κ2) is 9.02. The average molecular weight is 380 g/mol. The first-order chi connectivity index (χ1) is 12.7. The van der Waals surface area contributed by atoms with E-state index in [1.807, 2.05) is 0 Å². The Balaban J connectivity index is 1.81. The van der Waals surface area contributed by atoms with E-state index in [0.29, 0.717) is 54.4 Å². The lowest BCUT2D eigenvalue weighted by Crippen LogP contribution is -2.30. The van der Waals surface area contributed by atoms with Crippen molar-refractivity contribution in [2.24, 2.45) is 5.92 Å². The fourth-order valence-electron chi connectivity index (χ4n) is 2.76. The lowest BCUT2D eigenvalue weighted by molar-refractivity contribution is 0.0946. The molecule has 0 bridgehead atoms. The van der Waals surface area contributed by atoms with Gasteiger partial charge in [0.05, 0.1) is 13.2 Å². The summed E-state index contributed by atoms with van der Waals surface area (Å²) in [6, 6.07) is 7.08. The molecule has 1 saturated heterocycles. The van der Waals surface area contributed by atoms with Crippen LogP contribution in [0, 0.1) is 5.92 Å². The zero-order valence-electron chi connectivity index (χ0n) is 14.6. The maximum Gasteiger partial charge on any atom is 0.259 e. The monoisotopic (exact) mass is 379 g/mol. The van der Waals surface area contributed by atoms with Gasteiger partial charge >= 0.3 is 0 Å². The standard InChI is InChI=1S/C18H22ClN3O4/c1-24-9-7-20-17-15(18(23)21-10-12-6-8-25-11-12)16(26-22-17)13-2-4-14(19)5-3-13/h2-5,12H,6-11H2,1H3,(H,20,22)(H,21,23). The normalized spacial score (nSPS) is 16.6. The van der Waals surface area contributed by atoms with Gasteiger partial charge in [-0.05, 0) is 30.7 Å². The molecule has 1 aromatic heterocycles. The number of methoxy groups -OCH3 is 1. The van der Waals surface area contributed by atoms with Crippen molar-refractivity contribution in [3.05, 3.63) is 34.9 Å². The van der Waals surface area contributed by atoms with Gasteiger partial charge in [0.15, 0.2) is 11.6 Å². The molecule has 1 aliphatic heterocycles. The zero-order valence-corrected chi connectivity index (χ0v) is 15.3. The van der Waals surface area contributed by atoms with E-state index in [9.17, 15) is 4.79 Å². The molecule has 2 N–H and O–H groups in total. The first kappa shape index (κ1) is 18.7. The molecule has 1 fully saturated rings. The van der Waals surface area contributed by atoms with Crippen LogP contribution in [0.5, 0.6) is 0 Å². The highest BCUT2D eigenvalue weighted by molar-refractivity contribution is 6.30. The average Bonchev–Trinajstić information content (AvgIpc) is 3.30. The summed E-state index contributed by atoms with van der Waals surface area (Å²) in [5.74, 6) is 0.902. The van der Waals surface area contributed by atoms with Crippen LogP contribution < -0.4 is 10.6 Å². The van der Waals surface area contributed by atoms with Gasteiger partial charge in [-0.3, -0.25) is 4.79 Å². The van der Waals surface area contributed by atoms with E-state index in [-0.39, 0.29) is 5.91 Å². The Kier molecular flexibility index (Phi) is 6.49. The van der Waals surface area contributed by atoms with Crippen molar-refractivity contribution in [3.8, 4) is 11.3 Å². The number of amides is 1. The molecule has 1 atom stereocenters. The largest absolute Gasteiger partial charge is 0.383 e. The van der Waals surface area contributed by atoms with Gasteiger partial charge in [0, 0.05) is 43.3 Å². The van der Waals surface area contributed by atoms with Crippen LogP contribution >= 0.6 is 11.6 Å². The van der Waals surface area contributed by atoms with Crippen LogP contribution in [-0.2, 0) is 9.47 Å². The summed E-state index contributed by atoms with van der Waals surface area (Å²) in [7, 11) is 1.61. The molecule has 1 amide bonds. The fraction of sp³-hybridized carbons (Fsp3) is 0.444. The van der Waals surface area contributed by atoms with Gasteiger partial charge in [-0.15, -0.1) is 0 Å². The summed E-state index contributed by atoms with van der Waals surface area (Å²) in [5.41, 5.74) is 1.11. The van der Waals surface area contributed by atoms with Crippen LogP contribution in [-0.4, -0.2) is 51.1 Å². The molecule has 26 heavy (non-hydrogen) atoms. The number of hydrogen-bond donors (Lipinski definition) is 2. The summed E-state index contributed by atoms with van der Waals surface area (Å²) in [6.45, 7) is 2.98. The van der Waals surface area contributed by atoms with Crippen molar-refractivity contribution in [2.75, 3.05) is 45.3 Å². The maximum absolute atomic E-state index is 12.8. The van der Waals surface area contributed by atoms with Crippen molar-refractivity contribution in [2.45, 2.75) is 6.42 Å². The summed E-state index contributed by atoms with van der Waals surface area (Å²) in [6.07, 6.45) is 0.951. The van der Waals surface area contributed by atoms with Gasteiger partial charge in [-0.2, -0.15) is 0 Å². The predicted octanol–water partition coefficient (Wildman–Crippen LogP) is 2.82. The van der Waals surface area contributed by atoms with E-state index in [1.165, 1.54) is 0 Å². The molecule has 3 rings (SSSR count). The number of carbonyl (C=O) groups is 1. The van der Waals surface area contributed by atoms with Crippen LogP contribution in [0.2, 0.25) is 5.02 Å². The first-order valence-electron chi connectivity index (χ1n) is 8.53. The number of ether oxygens (including phenoxy) is 2. The molecule has 0 spiro atoms. The Morgan fingerprint density at radius 1 is 1.38 bits per heavy atom. The molecular formula is C18H22ClN3O4. The van der Waals surface area contributed by atoms with Crippen LogP contribution in [0.4, 0.5) is 5.82 Å². The van der Waals surface area contributed by atoms with Crippen LogP contribution in [0.1, 0.15) is 16.8 Å². The van der Waals surface area contributed by atoms with Crippen LogP contribution in [0.25, 0.3) is 11.3 Å². The molecule has 8 heteroatoms. The predicted molar refractivity (Wildman–Crippen MR) is 98.6 cm³/mol. The molecular weight excluding hydrogens is 358 g/mol. The summed E-state index contributed by atoms with van der Waals surface area (Å²) in [4.78, 5) is 12.8. The fourth-order valence-corrected chi connectivity index (χ4v) is 2.89. The Morgan fingerprint density at radius 2 is 2.19 bits per heavy atom. The van der Waals surface area contributed by atoms with Crippen molar-refractivity contribution in [1.82, 2.24) is 10.5 Å². The molecule has 1 aliphatic rings. The quantitative estimate of drug-likeness (QED) is 0.686. The number of carbonyl (C=O) groups excluding carboxylic acids is 1. The highest BCUT2D eigenvalue weighted by Crippen LogP contribution is 2.30. The van der Waals surface area contributed by atoms with E-state index in [4.69, 9.17) is 25.6 Å². The van der Waals surface area contributed by atoms with Crippen molar-refractivity contribution >= 4 is 23.3 Å². The van der Waals surface area contributed by atoms with Gasteiger partial charge in [-0.1, -0.05) is 16.8 Å². The van der Waals surface area contributed by atoms with E-state index < -0.39 is 0 Å². The molecule has 0 radical (unpaired) electrons. The summed E-state index contributed by atoms with van der Waals surface area (Å²) in [5, 5.41) is 10.7. The lowest BCUT2D eigenvalue weighted by Gasteiger charge is -2.11. The van der Waals surface area contributed by atoms with Crippen molar-refractivity contribution < 1.29 is 18.8 Å². The SMILES string of the molecule is COCCNc1noc(-c2ccc(Cl)cc2)c1C(=O)NCC1CCOC1.